The fraction of sp³-hybridized carbons (Fsp3) is 0.588. The van der Waals surface area contributed by atoms with Gasteiger partial charge in [-0.25, -0.2) is 0 Å². The minimum Gasteiger partial charge on any atom is -0.484 e. The van der Waals surface area contributed by atoms with Gasteiger partial charge in [0.15, 0.2) is 6.61 Å². The molecule has 1 aromatic carbocycles. The molecular weight excluding hydrogens is 321 g/mol. The lowest BCUT2D eigenvalue weighted by Gasteiger charge is -2.38. The summed E-state index contributed by atoms with van der Waals surface area (Å²) in [6.07, 6.45) is -2.31. The molecule has 1 unspecified atom stereocenters. The molecule has 1 saturated heterocycles. The number of hydrogen-bond acceptors (Lipinski definition) is 3. The number of rotatable bonds is 5. The molecule has 134 valence electrons. The SMILES string of the molecule is CC1(C)CCCNC1C(=O)NCc1ccc(OCC(F)(F)F)cc1. The second-order valence-electron chi connectivity index (χ2n) is 6.74. The number of alkyl halides is 3. The summed E-state index contributed by atoms with van der Waals surface area (Å²) in [4.78, 5) is 12.3. The van der Waals surface area contributed by atoms with Crippen LogP contribution < -0.4 is 15.4 Å². The normalized spacial score (nSPS) is 20.5. The van der Waals surface area contributed by atoms with Crippen molar-refractivity contribution < 1.29 is 22.7 Å². The highest BCUT2D eigenvalue weighted by molar-refractivity contribution is 5.82. The number of benzene rings is 1. The zero-order valence-electron chi connectivity index (χ0n) is 13.9. The monoisotopic (exact) mass is 344 g/mol. The van der Waals surface area contributed by atoms with E-state index in [1.54, 1.807) is 12.1 Å². The van der Waals surface area contributed by atoms with Crippen LogP contribution >= 0.6 is 0 Å². The largest absolute Gasteiger partial charge is 0.484 e. The van der Waals surface area contributed by atoms with E-state index >= 15 is 0 Å². The lowest BCUT2D eigenvalue weighted by molar-refractivity contribution is -0.153. The van der Waals surface area contributed by atoms with E-state index in [-0.39, 0.29) is 23.1 Å². The predicted molar refractivity (Wildman–Crippen MR) is 84.6 cm³/mol. The number of ether oxygens (including phenoxy) is 1. The summed E-state index contributed by atoms with van der Waals surface area (Å²) in [6, 6.07) is 5.99. The van der Waals surface area contributed by atoms with Crippen molar-refractivity contribution in [1.29, 1.82) is 0 Å². The van der Waals surface area contributed by atoms with Crippen molar-refractivity contribution in [1.82, 2.24) is 10.6 Å². The average molecular weight is 344 g/mol. The van der Waals surface area contributed by atoms with Gasteiger partial charge in [-0.15, -0.1) is 0 Å². The Morgan fingerprint density at radius 1 is 1.33 bits per heavy atom. The summed E-state index contributed by atoms with van der Waals surface area (Å²) in [7, 11) is 0. The van der Waals surface area contributed by atoms with Crippen LogP contribution in [-0.4, -0.2) is 31.3 Å². The Balaban J connectivity index is 1.84. The Bertz CT molecular complexity index is 556. The highest BCUT2D eigenvalue weighted by Crippen LogP contribution is 2.30. The van der Waals surface area contributed by atoms with Crippen molar-refractivity contribution in [3.05, 3.63) is 29.8 Å². The summed E-state index contributed by atoms with van der Waals surface area (Å²) in [5.74, 6) is 0.0922. The molecule has 0 spiro atoms. The average Bonchev–Trinajstić information content (AvgIpc) is 2.50. The Morgan fingerprint density at radius 2 is 2.00 bits per heavy atom. The summed E-state index contributed by atoms with van der Waals surface area (Å²) < 4.78 is 40.9. The number of nitrogens with one attached hydrogen (secondary N) is 2. The topological polar surface area (TPSA) is 50.4 Å². The van der Waals surface area contributed by atoms with Gasteiger partial charge < -0.3 is 15.4 Å². The Kier molecular flexibility index (Phi) is 5.74. The summed E-state index contributed by atoms with van der Waals surface area (Å²) in [5, 5.41) is 6.12. The maximum Gasteiger partial charge on any atom is 0.422 e. The van der Waals surface area contributed by atoms with E-state index in [0.29, 0.717) is 6.54 Å². The molecule has 0 bridgehead atoms. The first-order chi connectivity index (χ1) is 11.2. The molecule has 1 fully saturated rings. The number of piperidine rings is 1. The van der Waals surface area contributed by atoms with Gasteiger partial charge in [0, 0.05) is 6.54 Å². The van der Waals surface area contributed by atoms with Crippen molar-refractivity contribution in [3.8, 4) is 5.75 Å². The lowest BCUT2D eigenvalue weighted by Crippen LogP contribution is -2.55. The molecule has 0 saturated carbocycles. The number of carbonyl (C=O) groups is 1. The number of carbonyl (C=O) groups excluding carboxylic acids is 1. The van der Waals surface area contributed by atoms with E-state index in [1.165, 1.54) is 12.1 Å². The second kappa shape index (κ2) is 7.42. The first-order valence-corrected chi connectivity index (χ1v) is 7.97. The van der Waals surface area contributed by atoms with Gasteiger partial charge in [-0.2, -0.15) is 13.2 Å². The third-order valence-corrected chi connectivity index (χ3v) is 4.18. The smallest absolute Gasteiger partial charge is 0.422 e. The summed E-state index contributed by atoms with van der Waals surface area (Å²) in [6.45, 7) is 3.97. The molecule has 1 aliphatic rings. The number of amides is 1. The second-order valence-corrected chi connectivity index (χ2v) is 6.74. The van der Waals surface area contributed by atoms with Crippen LogP contribution in [0.1, 0.15) is 32.3 Å². The molecule has 24 heavy (non-hydrogen) atoms. The van der Waals surface area contributed by atoms with Crippen molar-refractivity contribution in [2.75, 3.05) is 13.2 Å². The van der Waals surface area contributed by atoms with E-state index in [0.717, 1.165) is 24.9 Å². The molecule has 0 aromatic heterocycles. The van der Waals surface area contributed by atoms with Crippen molar-refractivity contribution in [2.45, 2.75) is 45.5 Å². The highest BCUT2D eigenvalue weighted by Gasteiger charge is 2.36. The lowest BCUT2D eigenvalue weighted by atomic mass is 9.77. The third kappa shape index (κ3) is 5.40. The maximum atomic E-state index is 12.3. The molecule has 0 radical (unpaired) electrons. The van der Waals surface area contributed by atoms with Gasteiger partial charge in [-0.3, -0.25) is 4.79 Å². The Hall–Kier alpha value is -1.76. The standard InChI is InChI=1S/C17H23F3N2O2/c1-16(2)8-3-9-21-14(16)15(23)22-10-12-4-6-13(7-5-12)24-11-17(18,19)20/h4-7,14,21H,3,8-11H2,1-2H3,(H,22,23). The fourth-order valence-corrected chi connectivity index (χ4v) is 2.82. The first kappa shape index (κ1) is 18.6. The number of hydrogen-bond donors (Lipinski definition) is 2. The van der Waals surface area contributed by atoms with E-state index < -0.39 is 12.8 Å². The molecular formula is C17H23F3N2O2. The van der Waals surface area contributed by atoms with Gasteiger partial charge in [0.1, 0.15) is 5.75 Å². The molecule has 2 rings (SSSR count). The molecule has 1 amide bonds. The quantitative estimate of drug-likeness (QED) is 0.863. The Morgan fingerprint density at radius 3 is 2.58 bits per heavy atom. The zero-order chi connectivity index (χ0) is 17.8. The van der Waals surface area contributed by atoms with Gasteiger partial charge in [-0.05, 0) is 42.5 Å². The van der Waals surface area contributed by atoms with Gasteiger partial charge in [0.2, 0.25) is 5.91 Å². The zero-order valence-corrected chi connectivity index (χ0v) is 13.9. The van der Waals surface area contributed by atoms with E-state index in [2.05, 4.69) is 29.2 Å². The first-order valence-electron chi connectivity index (χ1n) is 7.97. The third-order valence-electron chi connectivity index (χ3n) is 4.18. The minimum absolute atomic E-state index is 0.0582. The van der Waals surface area contributed by atoms with Crippen LogP contribution in [0.3, 0.4) is 0 Å². The van der Waals surface area contributed by atoms with E-state index in [9.17, 15) is 18.0 Å². The maximum absolute atomic E-state index is 12.3. The van der Waals surface area contributed by atoms with E-state index in [4.69, 9.17) is 0 Å². The van der Waals surface area contributed by atoms with Gasteiger partial charge >= 0.3 is 6.18 Å². The molecule has 0 aliphatic carbocycles. The van der Waals surface area contributed by atoms with Crippen molar-refractivity contribution in [2.24, 2.45) is 5.41 Å². The van der Waals surface area contributed by atoms with Crippen molar-refractivity contribution in [3.63, 3.8) is 0 Å². The van der Waals surface area contributed by atoms with E-state index in [1.807, 2.05) is 0 Å². The van der Waals surface area contributed by atoms with Crippen LogP contribution in [0.5, 0.6) is 5.75 Å². The molecule has 7 heteroatoms. The van der Waals surface area contributed by atoms with Crippen LogP contribution in [0.4, 0.5) is 13.2 Å². The predicted octanol–water partition coefficient (Wildman–Crippen LogP) is 3.02. The van der Waals surface area contributed by atoms with Crippen LogP contribution in [0.25, 0.3) is 0 Å². The fourth-order valence-electron chi connectivity index (χ4n) is 2.82. The molecule has 2 N–H and O–H groups in total. The molecule has 1 aliphatic heterocycles. The number of halogens is 3. The van der Waals surface area contributed by atoms with Crippen LogP contribution in [-0.2, 0) is 11.3 Å². The summed E-state index contributed by atoms with van der Waals surface area (Å²) in [5.41, 5.74) is 0.703. The minimum atomic E-state index is -4.35. The van der Waals surface area contributed by atoms with Gasteiger partial charge in [0.25, 0.3) is 0 Å². The molecule has 1 atom stereocenters. The molecule has 1 heterocycles. The van der Waals surface area contributed by atoms with Gasteiger partial charge in [-0.1, -0.05) is 26.0 Å². The molecule has 1 aromatic rings. The Labute approximate surface area is 139 Å². The highest BCUT2D eigenvalue weighted by atomic mass is 19.4. The van der Waals surface area contributed by atoms with Crippen molar-refractivity contribution >= 4 is 5.91 Å². The molecule has 4 nitrogen and oxygen atoms in total. The summed E-state index contributed by atoms with van der Waals surface area (Å²) >= 11 is 0. The van der Waals surface area contributed by atoms with Gasteiger partial charge in [0.05, 0.1) is 6.04 Å². The van der Waals surface area contributed by atoms with Crippen LogP contribution in [0.15, 0.2) is 24.3 Å². The van der Waals surface area contributed by atoms with Crippen LogP contribution in [0, 0.1) is 5.41 Å². The van der Waals surface area contributed by atoms with Crippen LogP contribution in [0.2, 0.25) is 0 Å².